The lowest BCUT2D eigenvalue weighted by molar-refractivity contribution is -0.141. The molecule has 4 fully saturated rings. The number of rotatable bonds is 4. The van der Waals surface area contributed by atoms with Gasteiger partial charge in [0.05, 0.1) is 6.17 Å². The van der Waals surface area contributed by atoms with E-state index in [2.05, 4.69) is 10.8 Å². The molecule has 0 aromatic rings. The van der Waals surface area contributed by atoms with Gasteiger partial charge < -0.3 is 5.11 Å². The molecule has 28 heavy (non-hydrogen) atoms. The Bertz CT molecular complexity index is 510. The third-order valence-electron chi connectivity index (χ3n) is 7.42. The summed E-state index contributed by atoms with van der Waals surface area (Å²) in [7, 11) is 0. The van der Waals surface area contributed by atoms with Crippen LogP contribution < -0.4 is 10.8 Å². The molecule has 0 aromatic heterocycles. The van der Waals surface area contributed by atoms with Crippen LogP contribution in [0.4, 0.5) is 13.2 Å². The van der Waals surface area contributed by atoms with Crippen molar-refractivity contribution in [3.05, 3.63) is 0 Å². The fourth-order valence-electron chi connectivity index (χ4n) is 5.76. The summed E-state index contributed by atoms with van der Waals surface area (Å²) in [6, 6.07) is 0. The highest BCUT2D eigenvalue weighted by molar-refractivity contribution is 8.00. The van der Waals surface area contributed by atoms with Gasteiger partial charge in [0.15, 0.2) is 0 Å². The lowest BCUT2D eigenvalue weighted by Gasteiger charge is -2.31. The standard InChI is InChI=1S/C20H33F3N2O2S/c21-20(22,23)17-15(13-4-2-1-3-5-13)10-16(28-17)19-24-18(25-27-19)14-8-6-12(11-26)7-9-14/h12-19,24-26H,1-11H2. The van der Waals surface area contributed by atoms with Crippen molar-refractivity contribution < 1.29 is 23.1 Å². The molecule has 4 aliphatic rings. The molecule has 2 saturated carbocycles. The number of aliphatic hydroxyl groups excluding tert-OH is 1. The van der Waals surface area contributed by atoms with Gasteiger partial charge in [-0.05, 0) is 55.8 Å². The van der Waals surface area contributed by atoms with Gasteiger partial charge in [0.25, 0.3) is 0 Å². The molecule has 5 unspecified atom stereocenters. The van der Waals surface area contributed by atoms with Crippen LogP contribution in [0.5, 0.6) is 0 Å². The zero-order chi connectivity index (χ0) is 19.7. The lowest BCUT2D eigenvalue weighted by Crippen LogP contribution is -2.44. The minimum absolute atomic E-state index is 0.00306. The zero-order valence-electron chi connectivity index (χ0n) is 16.3. The van der Waals surface area contributed by atoms with Crippen molar-refractivity contribution in [3.8, 4) is 0 Å². The van der Waals surface area contributed by atoms with E-state index in [-0.39, 0.29) is 36.1 Å². The fourth-order valence-corrected chi connectivity index (χ4v) is 7.44. The van der Waals surface area contributed by atoms with Gasteiger partial charge in [-0.15, -0.1) is 11.8 Å². The topological polar surface area (TPSA) is 53.5 Å². The van der Waals surface area contributed by atoms with E-state index >= 15 is 0 Å². The molecule has 0 amide bonds. The average molecular weight is 423 g/mol. The van der Waals surface area contributed by atoms with E-state index < -0.39 is 11.4 Å². The maximum absolute atomic E-state index is 13.7. The van der Waals surface area contributed by atoms with Crippen LogP contribution >= 0.6 is 11.8 Å². The molecule has 0 spiro atoms. The maximum Gasteiger partial charge on any atom is 0.400 e. The molecule has 2 saturated heterocycles. The number of nitrogens with one attached hydrogen (secondary N) is 2. The van der Waals surface area contributed by atoms with Crippen LogP contribution in [0.3, 0.4) is 0 Å². The van der Waals surface area contributed by atoms with Crippen LogP contribution in [0, 0.1) is 23.7 Å². The lowest BCUT2D eigenvalue weighted by atomic mass is 9.76. The second-order valence-electron chi connectivity index (χ2n) is 9.20. The number of aliphatic hydroxyl groups is 1. The SMILES string of the molecule is OCC1CCC(C2NOC(C3CC(C4CCCCC4)C(C(F)(F)F)S3)N2)CC1. The van der Waals surface area contributed by atoms with Crippen LogP contribution in [-0.4, -0.2) is 40.8 Å². The molecule has 3 N–H and O–H groups in total. The molecule has 5 atom stereocenters. The van der Waals surface area contributed by atoms with Gasteiger partial charge in [0.1, 0.15) is 11.5 Å². The van der Waals surface area contributed by atoms with Gasteiger partial charge in [-0.3, -0.25) is 10.2 Å². The van der Waals surface area contributed by atoms with E-state index in [1.807, 2.05) is 0 Å². The highest BCUT2D eigenvalue weighted by Gasteiger charge is 2.55. The number of alkyl halides is 3. The van der Waals surface area contributed by atoms with Crippen LogP contribution in [0.2, 0.25) is 0 Å². The normalized spacial score (nSPS) is 43.5. The summed E-state index contributed by atoms with van der Waals surface area (Å²) in [6.45, 7) is 0.247. The van der Waals surface area contributed by atoms with Gasteiger partial charge in [-0.25, -0.2) is 0 Å². The summed E-state index contributed by atoms with van der Waals surface area (Å²) in [6.07, 6.45) is 5.31. The van der Waals surface area contributed by atoms with Gasteiger partial charge in [-0.1, -0.05) is 32.1 Å². The molecule has 4 rings (SSSR count). The third kappa shape index (κ3) is 4.66. The molecule has 2 heterocycles. The van der Waals surface area contributed by atoms with Crippen molar-refractivity contribution in [3.63, 3.8) is 0 Å². The number of thioether (sulfide) groups is 1. The highest BCUT2D eigenvalue weighted by Crippen LogP contribution is 2.53. The molecule has 2 aliphatic carbocycles. The Kier molecular flexibility index (Phi) is 6.82. The second kappa shape index (κ2) is 9.00. The predicted octanol–water partition coefficient (Wildman–Crippen LogP) is 4.19. The van der Waals surface area contributed by atoms with Crippen molar-refractivity contribution in [2.24, 2.45) is 23.7 Å². The molecular weight excluding hydrogens is 389 g/mol. The average Bonchev–Trinajstić information content (AvgIpc) is 3.36. The first kappa shape index (κ1) is 21.2. The number of hydroxylamine groups is 1. The van der Waals surface area contributed by atoms with Crippen LogP contribution in [0.1, 0.15) is 64.2 Å². The van der Waals surface area contributed by atoms with Crippen molar-refractivity contribution in [1.82, 2.24) is 10.8 Å². The van der Waals surface area contributed by atoms with Gasteiger partial charge in [-0.2, -0.15) is 18.7 Å². The van der Waals surface area contributed by atoms with Crippen molar-refractivity contribution >= 4 is 11.8 Å². The molecule has 2 aliphatic heterocycles. The summed E-state index contributed by atoms with van der Waals surface area (Å²) in [5.74, 6) is 0.729. The Labute approximate surface area is 169 Å². The predicted molar refractivity (Wildman–Crippen MR) is 103 cm³/mol. The summed E-state index contributed by atoms with van der Waals surface area (Å²) >= 11 is 1.08. The minimum Gasteiger partial charge on any atom is -0.396 e. The summed E-state index contributed by atoms with van der Waals surface area (Å²) in [5, 5.41) is 11.3. The molecule has 0 aromatic carbocycles. The van der Waals surface area contributed by atoms with Crippen LogP contribution in [0.25, 0.3) is 0 Å². The van der Waals surface area contributed by atoms with E-state index in [0.717, 1.165) is 69.5 Å². The fraction of sp³-hybridized carbons (Fsp3) is 1.00. The van der Waals surface area contributed by atoms with E-state index in [9.17, 15) is 18.3 Å². The summed E-state index contributed by atoms with van der Waals surface area (Å²) < 4.78 is 41.2. The zero-order valence-corrected chi connectivity index (χ0v) is 17.1. The van der Waals surface area contributed by atoms with E-state index in [4.69, 9.17) is 4.84 Å². The minimum atomic E-state index is -4.14. The van der Waals surface area contributed by atoms with Crippen molar-refractivity contribution in [2.75, 3.05) is 6.61 Å². The highest BCUT2D eigenvalue weighted by atomic mass is 32.2. The Morgan fingerprint density at radius 3 is 2.32 bits per heavy atom. The second-order valence-corrected chi connectivity index (χ2v) is 10.6. The first-order valence-corrected chi connectivity index (χ1v) is 11.9. The maximum atomic E-state index is 13.7. The number of hydrogen-bond acceptors (Lipinski definition) is 5. The molecule has 0 radical (unpaired) electrons. The van der Waals surface area contributed by atoms with E-state index in [1.165, 1.54) is 0 Å². The Hall–Kier alpha value is -0.0200. The van der Waals surface area contributed by atoms with Gasteiger partial charge >= 0.3 is 6.18 Å². The van der Waals surface area contributed by atoms with E-state index in [1.54, 1.807) is 0 Å². The molecule has 162 valence electrons. The Balaban J connectivity index is 1.35. The quantitative estimate of drug-likeness (QED) is 0.634. The van der Waals surface area contributed by atoms with Crippen molar-refractivity contribution in [1.29, 1.82) is 0 Å². The van der Waals surface area contributed by atoms with E-state index in [0.29, 0.717) is 18.3 Å². The van der Waals surface area contributed by atoms with Gasteiger partial charge in [0.2, 0.25) is 0 Å². The smallest absolute Gasteiger partial charge is 0.396 e. The molecule has 8 heteroatoms. The monoisotopic (exact) mass is 422 g/mol. The third-order valence-corrected chi connectivity index (χ3v) is 9.12. The van der Waals surface area contributed by atoms with Crippen molar-refractivity contribution in [2.45, 2.75) is 93.3 Å². The van der Waals surface area contributed by atoms with Crippen LogP contribution in [0.15, 0.2) is 0 Å². The molecule has 0 bridgehead atoms. The molecule has 4 nitrogen and oxygen atoms in total. The Morgan fingerprint density at radius 2 is 1.68 bits per heavy atom. The van der Waals surface area contributed by atoms with Gasteiger partial charge in [0, 0.05) is 11.9 Å². The number of halogens is 3. The van der Waals surface area contributed by atoms with Crippen LogP contribution in [-0.2, 0) is 4.84 Å². The first-order valence-electron chi connectivity index (χ1n) is 11.0. The largest absolute Gasteiger partial charge is 0.400 e. The summed E-state index contributed by atoms with van der Waals surface area (Å²) in [4.78, 5) is 5.75. The number of hydrogen-bond donors (Lipinski definition) is 3. The first-order chi connectivity index (χ1) is 13.5. The molecular formula is C20H33F3N2O2S. The summed E-state index contributed by atoms with van der Waals surface area (Å²) in [5.41, 5.74) is 3.07. The Morgan fingerprint density at radius 1 is 0.964 bits per heavy atom.